The number of pyridine rings is 3. The summed E-state index contributed by atoms with van der Waals surface area (Å²) in [4.78, 5) is 14.3. The van der Waals surface area contributed by atoms with E-state index >= 15 is 0 Å². The van der Waals surface area contributed by atoms with Gasteiger partial charge in [0.05, 0.1) is 17.1 Å². The molecule has 0 amide bonds. The molecule has 48 heavy (non-hydrogen) atoms. The van der Waals surface area contributed by atoms with Gasteiger partial charge in [-0.25, -0.2) is 0 Å². The Morgan fingerprint density at radius 2 is 0.646 bits per heavy atom. The van der Waals surface area contributed by atoms with Crippen LogP contribution in [0, 0.1) is 0 Å². The SMILES string of the molecule is c1ccc(-c2ccc(CCc3ccc(CCc4ccc(-c5ccccc5)nc4)c(CCc4ccc(-c5ccccc5)nc4)c3)cn2)cc1. The van der Waals surface area contributed by atoms with E-state index in [-0.39, 0.29) is 0 Å². The van der Waals surface area contributed by atoms with E-state index in [1.165, 1.54) is 33.4 Å². The van der Waals surface area contributed by atoms with Crippen molar-refractivity contribution in [1.82, 2.24) is 15.0 Å². The third kappa shape index (κ3) is 8.00. The number of hydrogen-bond donors (Lipinski definition) is 0. The molecule has 234 valence electrons. The van der Waals surface area contributed by atoms with Gasteiger partial charge in [0.2, 0.25) is 0 Å². The molecule has 0 bridgehead atoms. The van der Waals surface area contributed by atoms with Crippen molar-refractivity contribution in [2.45, 2.75) is 38.5 Å². The first kappa shape index (κ1) is 31.0. The summed E-state index contributed by atoms with van der Waals surface area (Å²) >= 11 is 0. The summed E-state index contributed by atoms with van der Waals surface area (Å²) < 4.78 is 0. The van der Waals surface area contributed by atoms with E-state index in [0.717, 1.165) is 72.3 Å². The predicted molar refractivity (Wildman–Crippen MR) is 198 cm³/mol. The topological polar surface area (TPSA) is 38.7 Å². The number of benzene rings is 4. The fraction of sp³-hybridized carbons (Fsp3) is 0.133. The fourth-order valence-electron chi connectivity index (χ4n) is 6.21. The maximum absolute atomic E-state index is 4.78. The average Bonchev–Trinajstić information content (AvgIpc) is 3.17. The number of aromatic nitrogens is 3. The average molecular weight is 622 g/mol. The van der Waals surface area contributed by atoms with Gasteiger partial charge >= 0.3 is 0 Å². The second-order valence-corrected chi connectivity index (χ2v) is 12.4. The highest BCUT2D eigenvalue weighted by molar-refractivity contribution is 5.60. The Balaban J connectivity index is 1.05. The van der Waals surface area contributed by atoms with E-state index in [1.807, 2.05) is 36.8 Å². The van der Waals surface area contributed by atoms with E-state index in [1.54, 1.807) is 0 Å². The van der Waals surface area contributed by atoms with Crippen molar-refractivity contribution in [3.63, 3.8) is 0 Å². The largest absolute Gasteiger partial charge is 0.256 e. The van der Waals surface area contributed by atoms with E-state index in [9.17, 15) is 0 Å². The molecule has 7 rings (SSSR count). The van der Waals surface area contributed by atoms with Crippen molar-refractivity contribution in [3.8, 4) is 33.8 Å². The first-order valence-corrected chi connectivity index (χ1v) is 16.9. The van der Waals surface area contributed by atoms with Crippen LogP contribution in [0.2, 0.25) is 0 Å². The highest BCUT2D eigenvalue weighted by Gasteiger charge is 2.09. The van der Waals surface area contributed by atoms with Crippen LogP contribution in [0.3, 0.4) is 0 Å². The van der Waals surface area contributed by atoms with Crippen molar-refractivity contribution >= 4 is 0 Å². The first-order chi connectivity index (χ1) is 23.8. The summed E-state index contributed by atoms with van der Waals surface area (Å²) in [7, 11) is 0. The molecule has 3 nitrogen and oxygen atoms in total. The molecule has 3 heterocycles. The highest BCUT2D eigenvalue weighted by atomic mass is 14.7. The molecule has 0 radical (unpaired) electrons. The van der Waals surface area contributed by atoms with Gasteiger partial charge in [-0.15, -0.1) is 0 Å². The molecule has 0 aliphatic carbocycles. The molecule has 0 aliphatic heterocycles. The summed E-state index contributed by atoms with van der Waals surface area (Å²) in [5.74, 6) is 0. The zero-order valence-corrected chi connectivity index (χ0v) is 27.2. The van der Waals surface area contributed by atoms with Crippen molar-refractivity contribution in [3.05, 3.63) is 198 Å². The van der Waals surface area contributed by atoms with Gasteiger partial charge in [-0.05, 0) is 90.1 Å². The van der Waals surface area contributed by atoms with Crippen molar-refractivity contribution in [2.24, 2.45) is 0 Å². The Labute approximate surface area is 284 Å². The minimum absolute atomic E-state index is 0.955. The van der Waals surface area contributed by atoms with E-state index in [0.29, 0.717) is 0 Å². The van der Waals surface area contributed by atoms with Crippen LogP contribution in [0.15, 0.2) is 164 Å². The Morgan fingerprint density at radius 1 is 0.292 bits per heavy atom. The quantitative estimate of drug-likeness (QED) is 0.136. The molecule has 0 fully saturated rings. The van der Waals surface area contributed by atoms with Crippen LogP contribution in [-0.4, -0.2) is 15.0 Å². The van der Waals surface area contributed by atoms with Crippen LogP contribution in [0.1, 0.15) is 33.4 Å². The lowest BCUT2D eigenvalue weighted by Crippen LogP contribution is -2.03. The first-order valence-electron chi connectivity index (χ1n) is 16.9. The Bertz CT molecular complexity index is 2020. The molecule has 0 saturated carbocycles. The molecule has 0 atom stereocenters. The van der Waals surface area contributed by atoms with Crippen molar-refractivity contribution in [2.75, 3.05) is 0 Å². The van der Waals surface area contributed by atoms with Gasteiger partial charge in [0, 0.05) is 35.3 Å². The van der Waals surface area contributed by atoms with Gasteiger partial charge in [0.1, 0.15) is 0 Å². The summed E-state index contributed by atoms with van der Waals surface area (Å²) in [6, 6.07) is 51.3. The summed E-state index contributed by atoms with van der Waals surface area (Å²) in [5.41, 5.74) is 14.5. The van der Waals surface area contributed by atoms with Crippen LogP contribution < -0.4 is 0 Å². The Hall–Kier alpha value is -5.67. The monoisotopic (exact) mass is 621 g/mol. The third-order valence-corrected chi connectivity index (χ3v) is 9.02. The number of aryl methyl sites for hydroxylation is 6. The predicted octanol–water partition coefficient (Wildman–Crippen LogP) is 10.2. The maximum Gasteiger partial charge on any atom is 0.0702 e. The Kier molecular flexibility index (Phi) is 9.85. The third-order valence-electron chi connectivity index (χ3n) is 9.02. The lowest BCUT2D eigenvalue weighted by molar-refractivity contribution is 0.876. The molecule has 0 aliphatic rings. The van der Waals surface area contributed by atoms with Gasteiger partial charge in [-0.2, -0.15) is 0 Å². The molecule has 3 heteroatoms. The maximum atomic E-state index is 4.78. The molecule has 4 aromatic carbocycles. The zero-order chi connectivity index (χ0) is 32.4. The summed E-state index contributed by atoms with van der Waals surface area (Å²) in [6.45, 7) is 0. The van der Waals surface area contributed by atoms with Crippen LogP contribution in [-0.2, 0) is 38.5 Å². The summed E-state index contributed by atoms with van der Waals surface area (Å²) in [5, 5.41) is 0. The van der Waals surface area contributed by atoms with Crippen LogP contribution in [0.5, 0.6) is 0 Å². The Morgan fingerprint density at radius 3 is 1.04 bits per heavy atom. The van der Waals surface area contributed by atoms with Gasteiger partial charge < -0.3 is 0 Å². The molecule has 0 N–H and O–H groups in total. The van der Waals surface area contributed by atoms with Crippen molar-refractivity contribution in [1.29, 1.82) is 0 Å². The van der Waals surface area contributed by atoms with Gasteiger partial charge in [0.25, 0.3) is 0 Å². The van der Waals surface area contributed by atoms with Crippen LogP contribution >= 0.6 is 0 Å². The lowest BCUT2D eigenvalue weighted by Gasteiger charge is -2.13. The highest BCUT2D eigenvalue weighted by Crippen LogP contribution is 2.23. The van der Waals surface area contributed by atoms with Gasteiger partial charge in [-0.3, -0.25) is 15.0 Å². The normalized spacial score (nSPS) is 11.0. The molecular weight excluding hydrogens is 583 g/mol. The lowest BCUT2D eigenvalue weighted by atomic mass is 9.92. The van der Waals surface area contributed by atoms with Gasteiger partial charge in [-0.1, -0.05) is 127 Å². The van der Waals surface area contributed by atoms with Crippen molar-refractivity contribution < 1.29 is 0 Å². The van der Waals surface area contributed by atoms with E-state index < -0.39 is 0 Å². The molecular formula is C45H39N3. The smallest absolute Gasteiger partial charge is 0.0702 e. The second-order valence-electron chi connectivity index (χ2n) is 12.4. The summed E-state index contributed by atoms with van der Waals surface area (Å²) in [6.07, 6.45) is 11.9. The molecule has 0 saturated heterocycles. The molecule has 0 spiro atoms. The number of nitrogens with zero attached hydrogens (tertiary/aromatic N) is 3. The van der Waals surface area contributed by atoms with Crippen LogP contribution in [0.25, 0.3) is 33.8 Å². The molecule has 0 unspecified atom stereocenters. The van der Waals surface area contributed by atoms with E-state index in [2.05, 4.69) is 127 Å². The second kappa shape index (κ2) is 15.3. The minimum Gasteiger partial charge on any atom is -0.256 e. The standard InChI is InChI=1S/C45H39N3/c1-4-10-39(11-5-1)43-27-21-35(31-46-43)17-16-34-18-24-38(25-19-36-22-28-44(47-32-36)40-12-6-2-7-13-40)42(30-34)26-20-37-23-29-45(48-33-37)41-14-8-3-9-15-41/h1-15,18,21-24,27-33H,16-17,19-20,25-26H2. The zero-order valence-electron chi connectivity index (χ0n) is 27.2. The number of rotatable bonds is 12. The van der Waals surface area contributed by atoms with Gasteiger partial charge in [0.15, 0.2) is 0 Å². The minimum atomic E-state index is 0.955. The number of hydrogen-bond acceptors (Lipinski definition) is 3. The molecule has 7 aromatic rings. The van der Waals surface area contributed by atoms with E-state index in [4.69, 9.17) is 15.0 Å². The van der Waals surface area contributed by atoms with Crippen LogP contribution in [0.4, 0.5) is 0 Å². The molecule has 3 aromatic heterocycles. The fourth-order valence-corrected chi connectivity index (χ4v) is 6.21.